The molecular weight excluding hydrogens is 456 g/mol. The number of nitrogens with zero attached hydrogens (tertiary/aromatic N) is 3. The van der Waals surface area contributed by atoms with Crippen LogP contribution in [0.3, 0.4) is 0 Å². The Morgan fingerprint density at radius 2 is 1.75 bits per heavy atom. The molecule has 0 aliphatic carbocycles. The van der Waals surface area contributed by atoms with Crippen LogP contribution < -0.4 is 10.2 Å². The highest BCUT2D eigenvalue weighted by Crippen LogP contribution is 2.42. The number of ether oxygens (including phenoxy) is 1. The summed E-state index contributed by atoms with van der Waals surface area (Å²) in [6.45, 7) is 14.8. The molecule has 2 amide bonds. The maximum atomic E-state index is 13.9. The van der Waals surface area contributed by atoms with Gasteiger partial charge < -0.3 is 24.8 Å². The van der Waals surface area contributed by atoms with Crippen LogP contribution in [0.1, 0.15) is 51.4 Å². The van der Waals surface area contributed by atoms with Crippen molar-refractivity contribution in [3.63, 3.8) is 0 Å². The van der Waals surface area contributed by atoms with Gasteiger partial charge in [-0.1, -0.05) is 41.0 Å². The highest BCUT2D eigenvalue weighted by atomic mass is 16.5. The number of nitrogens with one attached hydrogen (secondary N) is 1. The molecule has 0 saturated carbocycles. The molecule has 3 saturated heterocycles. The fourth-order valence-corrected chi connectivity index (χ4v) is 5.62. The molecule has 5 atom stereocenters. The molecule has 3 aliphatic rings. The zero-order chi connectivity index (χ0) is 26.2. The molecule has 0 bridgehead atoms. The molecular formula is C28H42N4O4. The predicted molar refractivity (Wildman–Crippen MR) is 140 cm³/mol. The monoisotopic (exact) mass is 498 g/mol. The van der Waals surface area contributed by atoms with E-state index in [0.717, 1.165) is 38.3 Å². The molecule has 8 nitrogen and oxygen atoms in total. The minimum atomic E-state index is -0.701. The second kappa shape index (κ2) is 10.5. The van der Waals surface area contributed by atoms with Gasteiger partial charge in [0.25, 0.3) is 5.91 Å². The Balaban J connectivity index is 1.49. The second-order valence-corrected chi connectivity index (χ2v) is 11.8. The largest absolute Gasteiger partial charge is 0.369 e. The molecule has 1 aromatic carbocycles. The first kappa shape index (κ1) is 26.6. The van der Waals surface area contributed by atoms with Crippen molar-refractivity contribution in [1.82, 2.24) is 15.1 Å². The van der Waals surface area contributed by atoms with Gasteiger partial charge in [0.05, 0.1) is 6.10 Å². The Hall–Kier alpha value is -2.45. The number of hydrogen-bond donors (Lipinski definition) is 1. The Morgan fingerprint density at radius 1 is 1.11 bits per heavy atom. The summed E-state index contributed by atoms with van der Waals surface area (Å²) in [4.78, 5) is 46.1. The third-order valence-corrected chi connectivity index (χ3v) is 8.34. The molecule has 36 heavy (non-hydrogen) atoms. The summed E-state index contributed by atoms with van der Waals surface area (Å²) in [5.74, 6) is -0.513. The van der Waals surface area contributed by atoms with Crippen LogP contribution in [0.4, 0.5) is 5.69 Å². The zero-order valence-corrected chi connectivity index (χ0v) is 22.6. The van der Waals surface area contributed by atoms with Crippen LogP contribution in [-0.2, 0) is 14.3 Å². The smallest absolute Gasteiger partial charge is 0.251 e. The molecule has 3 aliphatic heterocycles. The van der Waals surface area contributed by atoms with E-state index in [0.29, 0.717) is 12.1 Å². The molecule has 198 valence electrons. The Labute approximate surface area is 215 Å². The average molecular weight is 499 g/mol. The minimum absolute atomic E-state index is 0.0473. The fourth-order valence-electron chi connectivity index (χ4n) is 5.62. The third kappa shape index (κ3) is 5.30. The number of piperazine rings is 1. The zero-order valence-electron chi connectivity index (χ0n) is 22.6. The first-order valence-corrected chi connectivity index (χ1v) is 13.3. The Morgan fingerprint density at radius 3 is 2.33 bits per heavy atom. The van der Waals surface area contributed by atoms with Crippen LogP contribution in [0.25, 0.3) is 0 Å². The molecule has 3 heterocycles. The van der Waals surface area contributed by atoms with E-state index >= 15 is 0 Å². The Kier molecular flexibility index (Phi) is 7.76. The van der Waals surface area contributed by atoms with Gasteiger partial charge in [-0.15, -0.1) is 0 Å². The predicted octanol–water partition coefficient (Wildman–Crippen LogP) is 2.42. The van der Waals surface area contributed by atoms with Gasteiger partial charge in [0, 0.05) is 49.9 Å². The topological polar surface area (TPSA) is 82.2 Å². The number of amides is 2. The van der Waals surface area contributed by atoms with Gasteiger partial charge in [0.15, 0.2) is 5.78 Å². The number of likely N-dealkylation sites (N-methyl/N-ethyl adjacent to an activating group) is 1. The van der Waals surface area contributed by atoms with E-state index in [4.69, 9.17) is 4.74 Å². The first-order valence-electron chi connectivity index (χ1n) is 13.3. The summed E-state index contributed by atoms with van der Waals surface area (Å²) in [7, 11) is 2.13. The summed E-state index contributed by atoms with van der Waals surface area (Å²) in [5, 5.41) is 3.01. The summed E-state index contributed by atoms with van der Waals surface area (Å²) >= 11 is 0. The van der Waals surface area contributed by atoms with Crippen molar-refractivity contribution in [2.45, 2.75) is 59.2 Å². The number of hydrogen-bond acceptors (Lipinski definition) is 6. The summed E-state index contributed by atoms with van der Waals surface area (Å²) in [6, 6.07) is 6.36. The van der Waals surface area contributed by atoms with Gasteiger partial charge in [0.2, 0.25) is 5.91 Å². The van der Waals surface area contributed by atoms with Gasteiger partial charge >= 0.3 is 0 Å². The van der Waals surface area contributed by atoms with Crippen molar-refractivity contribution in [1.29, 1.82) is 0 Å². The molecule has 4 rings (SSSR count). The van der Waals surface area contributed by atoms with Gasteiger partial charge in [-0.05, 0) is 42.6 Å². The standard InChI is InChI=1S/C28H42N4O4/c1-7-18(2)23(27(35)32-16-21(28(3,4)5)25-24(32)22(33)17-36-25)29-26(34)19-8-10-20(11-9-19)31-14-12-30(6)13-15-31/h8-11,18,21,23-25H,7,12-17H2,1-6H3,(H,29,34)/t18-,21+,23-,24+,25+/m0/s1. The lowest BCUT2D eigenvalue weighted by atomic mass is 9.78. The summed E-state index contributed by atoms with van der Waals surface area (Å²) in [5.41, 5.74) is 1.52. The van der Waals surface area contributed by atoms with Crippen LogP contribution in [0, 0.1) is 17.3 Å². The number of ketones is 1. The van der Waals surface area contributed by atoms with Gasteiger partial charge in [-0.2, -0.15) is 0 Å². The van der Waals surface area contributed by atoms with Crippen molar-refractivity contribution in [3.05, 3.63) is 29.8 Å². The third-order valence-electron chi connectivity index (χ3n) is 8.34. The quantitative estimate of drug-likeness (QED) is 0.649. The number of rotatable bonds is 6. The van der Waals surface area contributed by atoms with Crippen molar-refractivity contribution >= 4 is 23.3 Å². The van der Waals surface area contributed by atoms with Crippen molar-refractivity contribution < 1.29 is 19.1 Å². The van der Waals surface area contributed by atoms with E-state index in [-0.39, 0.29) is 47.6 Å². The number of Topliss-reactive ketones (excluding diaryl/α,β-unsaturated/α-hetero) is 1. The van der Waals surface area contributed by atoms with Crippen molar-refractivity contribution in [2.24, 2.45) is 17.3 Å². The van der Waals surface area contributed by atoms with Crippen molar-refractivity contribution in [2.75, 3.05) is 51.3 Å². The number of likely N-dealkylation sites (tertiary alicyclic amines) is 1. The number of carbonyl (C=O) groups excluding carboxylic acids is 3. The van der Waals surface area contributed by atoms with E-state index in [1.54, 1.807) is 4.90 Å². The molecule has 0 spiro atoms. The number of carbonyl (C=O) groups is 3. The van der Waals surface area contributed by atoms with Gasteiger partial charge in [-0.3, -0.25) is 14.4 Å². The molecule has 8 heteroatoms. The lowest BCUT2D eigenvalue weighted by molar-refractivity contribution is -0.139. The van der Waals surface area contributed by atoms with E-state index in [1.807, 2.05) is 38.1 Å². The van der Waals surface area contributed by atoms with Crippen LogP contribution in [0.2, 0.25) is 0 Å². The highest BCUT2D eigenvalue weighted by Gasteiger charge is 2.56. The number of benzene rings is 1. The Bertz CT molecular complexity index is 965. The molecule has 1 aromatic rings. The SMILES string of the molecule is CC[C@H](C)[C@H](NC(=O)c1ccc(N2CCN(C)CC2)cc1)C(=O)N1C[C@@H](C(C)(C)C)[C@H]2OCC(=O)[C@H]21. The molecule has 3 fully saturated rings. The summed E-state index contributed by atoms with van der Waals surface area (Å²) in [6.07, 6.45) is 0.450. The van der Waals surface area contributed by atoms with E-state index in [1.165, 1.54) is 0 Å². The molecule has 0 radical (unpaired) electrons. The summed E-state index contributed by atoms with van der Waals surface area (Å²) < 4.78 is 5.86. The van der Waals surface area contributed by atoms with Crippen LogP contribution in [0.5, 0.6) is 0 Å². The lowest BCUT2D eigenvalue weighted by Crippen LogP contribution is -2.54. The van der Waals surface area contributed by atoms with Gasteiger partial charge in [0.1, 0.15) is 18.7 Å². The van der Waals surface area contributed by atoms with Crippen LogP contribution in [-0.4, -0.2) is 92.0 Å². The molecule has 0 aromatic heterocycles. The molecule has 1 N–H and O–H groups in total. The average Bonchev–Trinajstić information content (AvgIpc) is 3.42. The normalized spacial score (nSPS) is 26.6. The second-order valence-electron chi connectivity index (χ2n) is 11.8. The first-order chi connectivity index (χ1) is 17.0. The lowest BCUT2D eigenvalue weighted by Gasteiger charge is -2.34. The van der Waals surface area contributed by atoms with Crippen molar-refractivity contribution in [3.8, 4) is 0 Å². The maximum Gasteiger partial charge on any atom is 0.251 e. The van der Waals surface area contributed by atoms with E-state index < -0.39 is 12.1 Å². The fraction of sp³-hybridized carbons (Fsp3) is 0.679. The highest BCUT2D eigenvalue weighted by molar-refractivity contribution is 5.99. The van der Waals surface area contributed by atoms with Crippen LogP contribution in [0.15, 0.2) is 24.3 Å². The number of anilines is 1. The van der Waals surface area contributed by atoms with E-state index in [9.17, 15) is 14.4 Å². The minimum Gasteiger partial charge on any atom is -0.369 e. The maximum absolute atomic E-state index is 13.9. The number of fused-ring (bicyclic) bond motifs is 1. The molecule has 0 unspecified atom stereocenters. The van der Waals surface area contributed by atoms with Crippen LogP contribution >= 0.6 is 0 Å². The van der Waals surface area contributed by atoms with E-state index in [2.05, 4.69) is 42.9 Å². The van der Waals surface area contributed by atoms with Gasteiger partial charge in [-0.25, -0.2) is 0 Å².